The predicted molar refractivity (Wildman–Crippen MR) is 104 cm³/mol. The summed E-state index contributed by atoms with van der Waals surface area (Å²) in [7, 11) is 1.60. The topological polar surface area (TPSA) is 59.9 Å². The van der Waals surface area contributed by atoms with Gasteiger partial charge in [0, 0.05) is 5.56 Å². The molecule has 5 heteroatoms. The zero-order chi connectivity index (χ0) is 19.2. The molecular formula is C21H26N2O3. The lowest BCUT2D eigenvalue weighted by Crippen LogP contribution is -2.25. The van der Waals surface area contributed by atoms with Crippen LogP contribution in [0.2, 0.25) is 0 Å². The van der Waals surface area contributed by atoms with Gasteiger partial charge >= 0.3 is 0 Å². The van der Waals surface area contributed by atoms with Gasteiger partial charge in [0.05, 0.1) is 12.8 Å². The molecule has 0 heterocycles. The van der Waals surface area contributed by atoms with Gasteiger partial charge in [0.25, 0.3) is 5.91 Å². The van der Waals surface area contributed by atoms with Gasteiger partial charge in [-0.25, -0.2) is 5.43 Å². The van der Waals surface area contributed by atoms with Crippen molar-refractivity contribution in [1.29, 1.82) is 0 Å². The molecule has 26 heavy (non-hydrogen) atoms. The number of methoxy groups -OCH3 is 1. The van der Waals surface area contributed by atoms with E-state index in [0.29, 0.717) is 17.2 Å². The second-order valence-electron chi connectivity index (χ2n) is 7.00. The second-order valence-corrected chi connectivity index (χ2v) is 7.00. The molecule has 0 saturated heterocycles. The minimum atomic E-state index is -0.320. The number of hydrazone groups is 1. The molecule has 138 valence electrons. The lowest BCUT2D eigenvalue weighted by molar-refractivity contribution is -0.123. The van der Waals surface area contributed by atoms with E-state index in [1.54, 1.807) is 7.11 Å². The van der Waals surface area contributed by atoms with Gasteiger partial charge in [0.2, 0.25) is 0 Å². The van der Waals surface area contributed by atoms with Gasteiger partial charge in [0.15, 0.2) is 6.61 Å². The Kier molecular flexibility index (Phi) is 6.39. The van der Waals surface area contributed by atoms with Crippen molar-refractivity contribution in [3.63, 3.8) is 0 Å². The molecular weight excluding hydrogens is 328 g/mol. The number of rotatable bonds is 6. The van der Waals surface area contributed by atoms with Crippen molar-refractivity contribution in [1.82, 2.24) is 5.43 Å². The van der Waals surface area contributed by atoms with Crippen LogP contribution in [-0.2, 0) is 10.2 Å². The molecule has 0 saturated carbocycles. The predicted octanol–water partition coefficient (Wildman–Crippen LogP) is 3.91. The summed E-state index contributed by atoms with van der Waals surface area (Å²) in [5, 5.41) is 4.12. The molecule has 2 rings (SSSR count). The van der Waals surface area contributed by atoms with Crippen molar-refractivity contribution in [3.8, 4) is 11.5 Å². The highest BCUT2D eigenvalue weighted by Crippen LogP contribution is 2.24. The van der Waals surface area contributed by atoms with Gasteiger partial charge in [-0.15, -0.1) is 0 Å². The lowest BCUT2D eigenvalue weighted by atomic mass is 9.87. The summed E-state index contributed by atoms with van der Waals surface area (Å²) >= 11 is 0. The summed E-state index contributed by atoms with van der Waals surface area (Å²) in [6.45, 7) is 8.16. The van der Waals surface area contributed by atoms with Crippen molar-refractivity contribution in [2.75, 3.05) is 13.7 Å². The van der Waals surface area contributed by atoms with Crippen LogP contribution in [0.1, 0.15) is 38.8 Å². The standard InChI is InChI=1S/C21H26N2O3/c1-15(18-8-6-7-9-19(18)25-5)22-23-20(24)14-26-17-12-10-16(11-13-17)21(2,3)4/h6-13H,14H2,1-5H3,(H,23,24)/b22-15-. The molecule has 2 aromatic rings. The van der Waals surface area contributed by atoms with Crippen molar-refractivity contribution in [2.24, 2.45) is 5.10 Å². The fraction of sp³-hybridized carbons (Fsp3) is 0.333. The van der Waals surface area contributed by atoms with Crippen molar-refractivity contribution in [2.45, 2.75) is 33.1 Å². The van der Waals surface area contributed by atoms with Crippen LogP contribution in [0.15, 0.2) is 53.6 Å². The Morgan fingerprint density at radius 2 is 1.73 bits per heavy atom. The summed E-state index contributed by atoms with van der Waals surface area (Å²) < 4.78 is 10.8. The summed E-state index contributed by atoms with van der Waals surface area (Å²) in [4.78, 5) is 12.0. The number of nitrogens with one attached hydrogen (secondary N) is 1. The van der Waals surface area contributed by atoms with Crippen LogP contribution in [0.3, 0.4) is 0 Å². The first-order valence-corrected chi connectivity index (χ1v) is 8.51. The molecule has 0 atom stereocenters. The highest BCUT2D eigenvalue weighted by molar-refractivity contribution is 6.01. The van der Waals surface area contributed by atoms with Gasteiger partial charge in [-0.1, -0.05) is 45.0 Å². The van der Waals surface area contributed by atoms with E-state index in [1.165, 1.54) is 5.56 Å². The van der Waals surface area contributed by atoms with Gasteiger partial charge < -0.3 is 9.47 Å². The van der Waals surface area contributed by atoms with E-state index < -0.39 is 0 Å². The number of para-hydroxylation sites is 1. The largest absolute Gasteiger partial charge is 0.496 e. The average molecular weight is 354 g/mol. The molecule has 5 nitrogen and oxygen atoms in total. The highest BCUT2D eigenvalue weighted by Gasteiger charge is 2.13. The highest BCUT2D eigenvalue weighted by atomic mass is 16.5. The molecule has 0 aromatic heterocycles. The normalized spacial score (nSPS) is 11.8. The fourth-order valence-corrected chi connectivity index (χ4v) is 2.38. The fourth-order valence-electron chi connectivity index (χ4n) is 2.38. The number of benzene rings is 2. The Morgan fingerprint density at radius 3 is 2.35 bits per heavy atom. The van der Waals surface area contributed by atoms with E-state index in [1.807, 2.05) is 55.5 Å². The molecule has 0 bridgehead atoms. The van der Waals surface area contributed by atoms with Crippen molar-refractivity contribution >= 4 is 11.6 Å². The Balaban J connectivity index is 1.90. The molecule has 0 aliphatic rings. The first-order chi connectivity index (χ1) is 12.3. The van der Waals surface area contributed by atoms with Gasteiger partial charge in [-0.2, -0.15) is 5.10 Å². The van der Waals surface area contributed by atoms with E-state index in [4.69, 9.17) is 9.47 Å². The molecule has 0 spiro atoms. The molecule has 1 amide bonds. The molecule has 2 aromatic carbocycles. The summed E-state index contributed by atoms with van der Waals surface area (Å²) in [6, 6.07) is 15.3. The molecule has 0 aliphatic heterocycles. The maximum atomic E-state index is 12.0. The zero-order valence-electron chi connectivity index (χ0n) is 16.0. The number of carbonyl (C=O) groups excluding carboxylic acids is 1. The van der Waals surface area contributed by atoms with E-state index in [9.17, 15) is 4.79 Å². The monoisotopic (exact) mass is 354 g/mol. The maximum absolute atomic E-state index is 12.0. The van der Waals surface area contributed by atoms with E-state index in [2.05, 4.69) is 31.3 Å². The van der Waals surface area contributed by atoms with Crippen LogP contribution in [0, 0.1) is 0 Å². The van der Waals surface area contributed by atoms with Crippen LogP contribution in [0.25, 0.3) is 0 Å². The smallest absolute Gasteiger partial charge is 0.277 e. The number of hydrogen-bond acceptors (Lipinski definition) is 4. The number of nitrogens with zero attached hydrogens (tertiary/aromatic N) is 1. The minimum Gasteiger partial charge on any atom is -0.496 e. The summed E-state index contributed by atoms with van der Waals surface area (Å²) in [5.74, 6) is 1.04. The third kappa shape index (κ3) is 5.34. The third-order valence-corrected chi connectivity index (χ3v) is 3.94. The second kappa shape index (κ2) is 8.52. The van der Waals surface area contributed by atoms with Crippen LogP contribution in [0.4, 0.5) is 0 Å². The van der Waals surface area contributed by atoms with Crippen LogP contribution >= 0.6 is 0 Å². The Bertz CT molecular complexity index is 775. The molecule has 0 radical (unpaired) electrons. The number of hydrogen-bond donors (Lipinski definition) is 1. The first kappa shape index (κ1) is 19.5. The Morgan fingerprint density at radius 1 is 1.08 bits per heavy atom. The Labute approximate surface area is 155 Å². The first-order valence-electron chi connectivity index (χ1n) is 8.51. The van der Waals surface area contributed by atoms with E-state index in [0.717, 1.165) is 5.56 Å². The van der Waals surface area contributed by atoms with E-state index >= 15 is 0 Å². The average Bonchev–Trinajstić information content (AvgIpc) is 2.64. The lowest BCUT2D eigenvalue weighted by Gasteiger charge is -2.19. The SMILES string of the molecule is COc1ccccc1/C(C)=N\NC(=O)COc1ccc(C(C)(C)C)cc1. The van der Waals surface area contributed by atoms with Gasteiger partial charge in [0.1, 0.15) is 11.5 Å². The molecule has 0 aliphatic carbocycles. The summed E-state index contributed by atoms with van der Waals surface area (Å²) in [5.41, 5.74) is 5.29. The third-order valence-electron chi connectivity index (χ3n) is 3.94. The van der Waals surface area contributed by atoms with Crippen LogP contribution in [-0.4, -0.2) is 25.3 Å². The summed E-state index contributed by atoms with van der Waals surface area (Å²) in [6.07, 6.45) is 0. The number of amides is 1. The van der Waals surface area contributed by atoms with Crippen molar-refractivity contribution < 1.29 is 14.3 Å². The minimum absolute atomic E-state index is 0.0840. The molecule has 1 N–H and O–H groups in total. The number of ether oxygens (including phenoxy) is 2. The maximum Gasteiger partial charge on any atom is 0.277 e. The zero-order valence-corrected chi connectivity index (χ0v) is 16.0. The van der Waals surface area contributed by atoms with Gasteiger partial charge in [-0.05, 0) is 42.2 Å². The van der Waals surface area contributed by atoms with Crippen molar-refractivity contribution in [3.05, 3.63) is 59.7 Å². The Hall–Kier alpha value is -2.82. The molecule has 0 fully saturated rings. The van der Waals surface area contributed by atoms with Gasteiger partial charge in [-0.3, -0.25) is 4.79 Å². The molecule has 0 unspecified atom stereocenters. The quantitative estimate of drug-likeness (QED) is 0.632. The van der Waals surface area contributed by atoms with Crippen LogP contribution in [0.5, 0.6) is 11.5 Å². The van der Waals surface area contributed by atoms with E-state index in [-0.39, 0.29) is 17.9 Å². The van der Waals surface area contributed by atoms with Crippen LogP contribution < -0.4 is 14.9 Å². The number of carbonyl (C=O) groups is 1.